The van der Waals surface area contributed by atoms with Crippen LogP contribution >= 0.6 is 11.3 Å². The maximum absolute atomic E-state index is 12.0. The summed E-state index contributed by atoms with van der Waals surface area (Å²) in [6.07, 6.45) is 0.449. The van der Waals surface area contributed by atoms with Crippen LogP contribution in [0.4, 0.5) is 5.69 Å². The Bertz CT molecular complexity index is 664. The highest BCUT2D eigenvalue weighted by molar-refractivity contribution is 7.14. The van der Waals surface area contributed by atoms with E-state index in [4.69, 9.17) is 5.11 Å². The monoisotopic (exact) mass is 285 g/mol. The van der Waals surface area contributed by atoms with Crippen molar-refractivity contribution < 1.29 is 9.90 Å². The highest BCUT2D eigenvalue weighted by Crippen LogP contribution is 2.17. The average Bonchev–Trinajstić information content (AvgIpc) is 2.86. The van der Waals surface area contributed by atoms with Crippen LogP contribution in [0.5, 0.6) is 0 Å². The van der Waals surface area contributed by atoms with Crippen LogP contribution in [0, 0.1) is 18.8 Å². The molecule has 0 bridgehead atoms. The van der Waals surface area contributed by atoms with E-state index in [9.17, 15) is 4.79 Å². The summed E-state index contributed by atoms with van der Waals surface area (Å²) in [4.78, 5) is 13.8. The van der Waals surface area contributed by atoms with Crippen molar-refractivity contribution in [1.29, 1.82) is 0 Å². The van der Waals surface area contributed by atoms with Gasteiger partial charge in [0.25, 0.3) is 5.91 Å². The van der Waals surface area contributed by atoms with Crippen molar-refractivity contribution in [2.24, 2.45) is 0 Å². The van der Waals surface area contributed by atoms with Crippen LogP contribution in [-0.2, 0) is 0 Å². The van der Waals surface area contributed by atoms with Crippen LogP contribution < -0.4 is 5.32 Å². The number of amides is 1. The Morgan fingerprint density at radius 1 is 1.35 bits per heavy atom. The van der Waals surface area contributed by atoms with Gasteiger partial charge in [0.15, 0.2) is 0 Å². The molecule has 1 heterocycles. The highest BCUT2D eigenvalue weighted by Gasteiger charge is 2.08. The minimum Gasteiger partial charge on any atom is -0.395 e. The van der Waals surface area contributed by atoms with E-state index in [1.807, 2.05) is 43.3 Å². The van der Waals surface area contributed by atoms with Gasteiger partial charge in [0.1, 0.15) is 0 Å². The lowest BCUT2D eigenvalue weighted by atomic mass is 10.2. The molecule has 0 aliphatic rings. The molecule has 102 valence electrons. The number of hydrogen-bond donors (Lipinski definition) is 2. The Hall–Kier alpha value is -2.09. The van der Waals surface area contributed by atoms with Gasteiger partial charge in [-0.2, -0.15) is 0 Å². The van der Waals surface area contributed by atoms with Crippen LogP contribution in [0.2, 0.25) is 0 Å². The third kappa shape index (κ3) is 3.95. The van der Waals surface area contributed by atoms with E-state index < -0.39 is 0 Å². The van der Waals surface area contributed by atoms with Crippen molar-refractivity contribution in [1.82, 2.24) is 0 Å². The standard InChI is InChI=1S/C16H15NO2S/c1-12-8-9-15(20-12)16(19)17-14-7-4-6-13(11-14)5-2-3-10-18/h4,6-9,11,18H,3,10H2,1H3,(H,17,19). The molecule has 2 N–H and O–H groups in total. The molecule has 0 aliphatic carbocycles. The number of aliphatic hydroxyl groups is 1. The summed E-state index contributed by atoms with van der Waals surface area (Å²) in [5.41, 5.74) is 1.54. The first-order valence-electron chi connectivity index (χ1n) is 6.26. The molecule has 4 heteroatoms. The molecule has 1 amide bonds. The number of rotatable bonds is 3. The number of nitrogens with one attached hydrogen (secondary N) is 1. The first kappa shape index (κ1) is 14.3. The number of aliphatic hydroxyl groups excluding tert-OH is 1. The highest BCUT2D eigenvalue weighted by atomic mass is 32.1. The molecule has 0 spiro atoms. The van der Waals surface area contributed by atoms with Gasteiger partial charge in [-0.3, -0.25) is 4.79 Å². The fraction of sp³-hybridized carbons (Fsp3) is 0.188. The van der Waals surface area contributed by atoms with Crippen molar-refractivity contribution in [3.8, 4) is 11.8 Å². The van der Waals surface area contributed by atoms with Crippen LogP contribution in [-0.4, -0.2) is 17.6 Å². The van der Waals surface area contributed by atoms with Crippen LogP contribution in [0.25, 0.3) is 0 Å². The summed E-state index contributed by atoms with van der Waals surface area (Å²) >= 11 is 1.47. The molecule has 2 aromatic rings. The Kier molecular flexibility index (Phi) is 4.94. The fourth-order valence-electron chi connectivity index (χ4n) is 1.64. The second kappa shape index (κ2) is 6.90. The van der Waals surface area contributed by atoms with Crippen molar-refractivity contribution >= 4 is 22.9 Å². The lowest BCUT2D eigenvalue weighted by Gasteiger charge is -2.03. The topological polar surface area (TPSA) is 49.3 Å². The van der Waals surface area contributed by atoms with Gasteiger partial charge in [-0.1, -0.05) is 17.9 Å². The molecule has 3 nitrogen and oxygen atoms in total. The lowest BCUT2D eigenvalue weighted by Crippen LogP contribution is -2.09. The molecule has 20 heavy (non-hydrogen) atoms. The molecule has 0 atom stereocenters. The van der Waals surface area contributed by atoms with Gasteiger partial charge in [-0.15, -0.1) is 11.3 Å². The molecular formula is C16H15NO2S. The van der Waals surface area contributed by atoms with Crippen molar-refractivity contribution in [2.45, 2.75) is 13.3 Å². The summed E-state index contributed by atoms with van der Waals surface area (Å²) in [6, 6.07) is 11.1. The average molecular weight is 285 g/mol. The minimum absolute atomic E-state index is 0.0567. The lowest BCUT2D eigenvalue weighted by molar-refractivity contribution is 0.103. The van der Waals surface area contributed by atoms with E-state index in [1.165, 1.54) is 11.3 Å². The van der Waals surface area contributed by atoms with Gasteiger partial charge < -0.3 is 10.4 Å². The number of hydrogen-bond acceptors (Lipinski definition) is 3. The largest absolute Gasteiger partial charge is 0.395 e. The number of aryl methyl sites for hydroxylation is 1. The normalized spacial score (nSPS) is 9.70. The Morgan fingerprint density at radius 2 is 2.20 bits per heavy atom. The van der Waals surface area contributed by atoms with E-state index in [-0.39, 0.29) is 12.5 Å². The number of carbonyl (C=O) groups excluding carboxylic acids is 1. The first-order valence-corrected chi connectivity index (χ1v) is 7.08. The molecule has 1 aromatic heterocycles. The molecule has 0 unspecified atom stereocenters. The summed E-state index contributed by atoms with van der Waals surface area (Å²) in [6.45, 7) is 2.03. The fourth-order valence-corrected chi connectivity index (χ4v) is 2.41. The zero-order chi connectivity index (χ0) is 14.4. The zero-order valence-corrected chi connectivity index (χ0v) is 12.0. The smallest absolute Gasteiger partial charge is 0.265 e. The third-order valence-corrected chi connectivity index (χ3v) is 3.55. The van der Waals surface area contributed by atoms with Crippen molar-refractivity contribution in [3.05, 3.63) is 51.7 Å². The maximum Gasteiger partial charge on any atom is 0.265 e. The second-order valence-corrected chi connectivity index (χ2v) is 5.51. The SMILES string of the molecule is Cc1ccc(C(=O)Nc2cccc(C#CCCO)c2)s1. The van der Waals surface area contributed by atoms with Gasteiger partial charge in [-0.05, 0) is 37.3 Å². The predicted octanol–water partition coefficient (Wildman–Crippen LogP) is 3.04. The molecule has 0 saturated heterocycles. The summed E-state index contributed by atoms with van der Waals surface area (Å²) < 4.78 is 0. The molecule has 0 fully saturated rings. The molecule has 2 rings (SSSR count). The Balaban J connectivity index is 2.08. The maximum atomic E-state index is 12.0. The van der Waals surface area contributed by atoms with E-state index in [0.717, 1.165) is 16.1 Å². The number of thiophene rings is 1. The quantitative estimate of drug-likeness (QED) is 0.852. The minimum atomic E-state index is -0.108. The van der Waals surface area contributed by atoms with E-state index >= 15 is 0 Å². The van der Waals surface area contributed by atoms with Gasteiger partial charge in [0.05, 0.1) is 11.5 Å². The van der Waals surface area contributed by atoms with Gasteiger partial charge >= 0.3 is 0 Å². The second-order valence-electron chi connectivity index (χ2n) is 4.22. The summed E-state index contributed by atoms with van der Waals surface area (Å²) in [7, 11) is 0. The molecule has 0 radical (unpaired) electrons. The molecule has 0 aliphatic heterocycles. The number of benzene rings is 1. The summed E-state index contributed by atoms with van der Waals surface area (Å²) in [5, 5.41) is 11.5. The molecule has 0 saturated carbocycles. The van der Waals surface area contributed by atoms with Crippen LogP contribution in [0.3, 0.4) is 0 Å². The van der Waals surface area contributed by atoms with Gasteiger partial charge in [0, 0.05) is 22.5 Å². The van der Waals surface area contributed by atoms with Crippen molar-refractivity contribution in [3.63, 3.8) is 0 Å². The zero-order valence-electron chi connectivity index (χ0n) is 11.1. The van der Waals surface area contributed by atoms with Gasteiger partial charge in [-0.25, -0.2) is 0 Å². The van der Waals surface area contributed by atoms with Crippen molar-refractivity contribution in [2.75, 3.05) is 11.9 Å². The third-order valence-electron chi connectivity index (χ3n) is 2.55. The van der Waals surface area contributed by atoms with E-state index in [0.29, 0.717) is 11.3 Å². The molecule has 1 aromatic carbocycles. The van der Waals surface area contributed by atoms with Crippen LogP contribution in [0.15, 0.2) is 36.4 Å². The Morgan fingerprint density at radius 3 is 2.90 bits per heavy atom. The number of carbonyl (C=O) groups is 1. The van der Waals surface area contributed by atoms with E-state index in [2.05, 4.69) is 17.2 Å². The summed E-state index contributed by atoms with van der Waals surface area (Å²) in [5.74, 6) is 5.69. The molecular weight excluding hydrogens is 270 g/mol. The first-order chi connectivity index (χ1) is 9.69. The Labute approximate surface area is 122 Å². The predicted molar refractivity (Wildman–Crippen MR) is 82.0 cm³/mol. The van der Waals surface area contributed by atoms with Crippen LogP contribution in [0.1, 0.15) is 26.5 Å². The number of anilines is 1. The van der Waals surface area contributed by atoms with Gasteiger partial charge in [0.2, 0.25) is 0 Å². The van der Waals surface area contributed by atoms with E-state index in [1.54, 1.807) is 0 Å².